The number of ether oxygens (including phenoxy) is 2. The van der Waals surface area contributed by atoms with E-state index in [0.29, 0.717) is 23.8 Å². The summed E-state index contributed by atoms with van der Waals surface area (Å²) in [4.78, 5) is 12.5. The molecule has 0 aromatic heterocycles. The molecule has 1 aromatic carbocycles. The van der Waals surface area contributed by atoms with E-state index in [0.717, 1.165) is 25.9 Å². The number of benzene rings is 1. The van der Waals surface area contributed by atoms with Gasteiger partial charge in [0.05, 0.1) is 12.2 Å². The van der Waals surface area contributed by atoms with Crippen molar-refractivity contribution in [2.45, 2.75) is 24.9 Å². The number of carbonyl (C=O) groups is 1. The Hall–Kier alpha value is -0.900. The fraction of sp³-hybridized carbons (Fsp3) is 0.533. The van der Waals surface area contributed by atoms with Gasteiger partial charge in [-0.25, -0.2) is 0 Å². The lowest BCUT2D eigenvalue weighted by Crippen LogP contribution is -2.42. The zero-order valence-corrected chi connectivity index (χ0v) is 11.5. The van der Waals surface area contributed by atoms with Crippen LogP contribution in [0.15, 0.2) is 24.3 Å². The SMILES string of the molecule is O=C(c1cccc(Cl)c1)C1CCOC2(CCOC2)C1. The van der Waals surface area contributed by atoms with E-state index in [1.54, 1.807) is 12.1 Å². The van der Waals surface area contributed by atoms with Crippen LogP contribution in [-0.2, 0) is 9.47 Å². The molecule has 1 aromatic rings. The molecule has 0 amide bonds. The maximum Gasteiger partial charge on any atom is 0.166 e. The third-order valence-electron chi connectivity index (χ3n) is 4.04. The van der Waals surface area contributed by atoms with Crippen LogP contribution in [0.4, 0.5) is 0 Å². The lowest BCUT2D eigenvalue weighted by molar-refractivity contribution is -0.0920. The minimum atomic E-state index is -0.225. The summed E-state index contributed by atoms with van der Waals surface area (Å²) < 4.78 is 11.3. The highest BCUT2D eigenvalue weighted by molar-refractivity contribution is 6.31. The number of carbonyl (C=O) groups excluding carboxylic acids is 1. The summed E-state index contributed by atoms with van der Waals surface area (Å²) in [7, 11) is 0. The Morgan fingerprint density at radius 1 is 1.37 bits per heavy atom. The first kappa shape index (κ1) is 13.1. The quantitative estimate of drug-likeness (QED) is 0.781. The van der Waals surface area contributed by atoms with E-state index in [-0.39, 0.29) is 17.3 Å². The van der Waals surface area contributed by atoms with Crippen LogP contribution in [0, 0.1) is 5.92 Å². The molecule has 0 radical (unpaired) electrons. The molecular weight excluding hydrogens is 264 g/mol. The molecule has 2 unspecified atom stereocenters. The maximum absolute atomic E-state index is 12.5. The van der Waals surface area contributed by atoms with Gasteiger partial charge in [0.1, 0.15) is 0 Å². The summed E-state index contributed by atoms with van der Waals surface area (Å²) >= 11 is 5.95. The maximum atomic E-state index is 12.5. The predicted octanol–water partition coefficient (Wildman–Crippen LogP) is 3.11. The predicted molar refractivity (Wildman–Crippen MR) is 72.6 cm³/mol. The Morgan fingerprint density at radius 3 is 3.00 bits per heavy atom. The van der Waals surface area contributed by atoms with Crippen LogP contribution in [0.25, 0.3) is 0 Å². The largest absolute Gasteiger partial charge is 0.378 e. The second kappa shape index (κ2) is 5.23. The van der Waals surface area contributed by atoms with Crippen molar-refractivity contribution in [3.63, 3.8) is 0 Å². The third kappa shape index (κ3) is 2.69. The summed E-state index contributed by atoms with van der Waals surface area (Å²) in [6, 6.07) is 7.19. The van der Waals surface area contributed by atoms with E-state index < -0.39 is 0 Å². The van der Waals surface area contributed by atoms with Gasteiger partial charge in [0.15, 0.2) is 5.78 Å². The Kier molecular flexibility index (Phi) is 3.61. The van der Waals surface area contributed by atoms with Crippen molar-refractivity contribution < 1.29 is 14.3 Å². The molecule has 0 saturated carbocycles. The summed E-state index contributed by atoms with van der Waals surface area (Å²) in [5, 5.41) is 0.608. The van der Waals surface area contributed by atoms with Crippen LogP contribution >= 0.6 is 11.6 Å². The van der Waals surface area contributed by atoms with Gasteiger partial charge < -0.3 is 9.47 Å². The van der Waals surface area contributed by atoms with E-state index in [1.807, 2.05) is 12.1 Å². The summed E-state index contributed by atoms with van der Waals surface area (Å²) in [5.74, 6) is 0.200. The second-order valence-electron chi connectivity index (χ2n) is 5.40. The van der Waals surface area contributed by atoms with Crippen molar-refractivity contribution in [2.24, 2.45) is 5.92 Å². The van der Waals surface area contributed by atoms with Crippen LogP contribution in [0.1, 0.15) is 29.6 Å². The molecule has 2 aliphatic heterocycles. The number of hydrogen-bond acceptors (Lipinski definition) is 3. The van der Waals surface area contributed by atoms with Gasteiger partial charge in [-0.15, -0.1) is 0 Å². The summed E-state index contributed by atoms with van der Waals surface area (Å²) in [5.41, 5.74) is 0.477. The van der Waals surface area contributed by atoms with Crippen molar-refractivity contribution in [3.8, 4) is 0 Å². The van der Waals surface area contributed by atoms with Gasteiger partial charge in [-0.3, -0.25) is 4.79 Å². The first-order valence-electron chi connectivity index (χ1n) is 6.70. The van der Waals surface area contributed by atoms with Gasteiger partial charge in [-0.2, -0.15) is 0 Å². The Labute approximate surface area is 117 Å². The first-order valence-corrected chi connectivity index (χ1v) is 7.08. The number of hydrogen-bond donors (Lipinski definition) is 0. The van der Waals surface area contributed by atoms with E-state index >= 15 is 0 Å². The van der Waals surface area contributed by atoms with Crippen LogP contribution < -0.4 is 0 Å². The molecule has 102 valence electrons. The Bertz CT molecular complexity index is 480. The van der Waals surface area contributed by atoms with Crippen molar-refractivity contribution >= 4 is 17.4 Å². The average molecular weight is 281 g/mol. The van der Waals surface area contributed by atoms with Crippen LogP contribution in [-0.4, -0.2) is 31.2 Å². The third-order valence-corrected chi connectivity index (χ3v) is 4.28. The Balaban J connectivity index is 1.76. The molecular formula is C15H17ClO3. The van der Waals surface area contributed by atoms with E-state index in [2.05, 4.69) is 0 Å². The van der Waals surface area contributed by atoms with Crippen molar-refractivity contribution in [2.75, 3.05) is 19.8 Å². The molecule has 2 atom stereocenters. The van der Waals surface area contributed by atoms with Gasteiger partial charge in [0.2, 0.25) is 0 Å². The summed E-state index contributed by atoms with van der Waals surface area (Å²) in [6.45, 7) is 1.99. The highest BCUT2D eigenvalue weighted by Crippen LogP contribution is 2.37. The van der Waals surface area contributed by atoms with Crippen molar-refractivity contribution in [3.05, 3.63) is 34.9 Å². The summed E-state index contributed by atoms with van der Waals surface area (Å²) in [6.07, 6.45) is 2.44. The van der Waals surface area contributed by atoms with Gasteiger partial charge in [-0.1, -0.05) is 23.7 Å². The molecule has 4 heteroatoms. The van der Waals surface area contributed by atoms with E-state index in [4.69, 9.17) is 21.1 Å². The Morgan fingerprint density at radius 2 is 2.26 bits per heavy atom. The number of ketones is 1. The van der Waals surface area contributed by atoms with E-state index in [9.17, 15) is 4.79 Å². The number of rotatable bonds is 2. The normalized spacial score (nSPS) is 30.7. The second-order valence-corrected chi connectivity index (χ2v) is 5.83. The fourth-order valence-electron chi connectivity index (χ4n) is 2.99. The lowest BCUT2D eigenvalue weighted by Gasteiger charge is -2.36. The van der Waals surface area contributed by atoms with Crippen molar-refractivity contribution in [1.29, 1.82) is 0 Å². The minimum Gasteiger partial charge on any atom is -0.378 e. The zero-order chi connectivity index (χ0) is 13.3. The van der Waals surface area contributed by atoms with Gasteiger partial charge >= 0.3 is 0 Å². The molecule has 0 bridgehead atoms. The molecule has 3 rings (SSSR count). The van der Waals surface area contributed by atoms with Crippen LogP contribution in [0.2, 0.25) is 5.02 Å². The van der Waals surface area contributed by atoms with Crippen LogP contribution in [0.5, 0.6) is 0 Å². The molecule has 2 fully saturated rings. The first-order chi connectivity index (χ1) is 9.19. The van der Waals surface area contributed by atoms with Gasteiger partial charge in [0.25, 0.3) is 0 Å². The molecule has 2 saturated heterocycles. The van der Waals surface area contributed by atoms with Gasteiger partial charge in [-0.05, 0) is 25.0 Å². The number of halogens is 1. The molecule has 0 N–H and O–H groups in total. The topological polar surface area (TPSA) is 35.5 Å². The molecule has 19 heavy (non-hydrogen) atoms. The molecule has 1 spiro atoms. The van der Waals surface area contributed by atoms with Crippen LogP contribution in [0.3, 0.4) is 0 Å². The molecule has 2 heterocycles. The zero-order valence-electron chi connectivity index (χ0n) is 10.7. The van der Waals surface area contributed by atoms with Crippen molar-refractivity contribution in [1.82, 2.24) is 0 Å². The molecule has 3 nitrogen and oxygen atoms in total. The fourth-order valence-corrected chi connectivity index (χ4v) is 3.18. The average Bonchev–Trinajstić information content (AvgIpc) is 2.86. The molecule has 0 aliphatic carbocycles. The monoisotopic (exact) mass is 280 g/mol. The standard InChI is InChI=1S/C15H17ClO3/c16-13-3-1-2-11(8-13)14(17)12-4-6-19-15(9-12)5-7-18-10-15/h1-3,8,12H,4-7,9-10H2. The smallest absolute Gasteiger partial charge is 0.166 e. The number of Topliss-reactive ketones (excluding diaryl/α,β-unsaturated/α-hetero) is 1. The van der Waals surface area contributed by atoms with E-state index in [1.165, 1.54) is 0 Å². The lowest BCUT2D eigenvalue weighted by atomic mass is 9.81. The highest BCUT2D eigenvalue weighted by Gasteiger charge is 2.42. The highest BCUT2D eigenvalue weighted by atomic mass is 35.5. The molecule has 2 aliphatic rings. The minimum absolute atomic E-state index is 0.0221. The van der Waals surface area contributed by atoms with Gasteiger partial charge in [0, 0.05) is 36.1 Å².